The van der Waals surface area contributed by atoms with Gasteiger partial charge in [0.1, 0.15) is 5.82 Å². The van der Waals surface area contributed by atoms with Crippen molar-refractivity contribution in [1.29, 1.82) is 0 Å². The molecule has 3 aromatic heterocycles. The van der Waals surface area contributed by atoms with E-state index in [-0.39, 0.29) is 23.2 Å². The summed E-state index contributed by atoms with van der Waals surface area (Å²) in [6.45, 7) is 5.77. The summed E-state index contributed by atoms with van der Waals surface area (Å²) in [6.07, 6.45) is 2.39. The standard InChI is InChI=1S/C18H22FN7O/c1-5-9(2)22-17-14(19)7-13(15(20)27)16(24-17)23-11-6-12-10(3)25-26(4)18(12)21-8-11/h6-9H,5H2,1-4H3,(H2,20,27)(H2,22,23,24). The van der Waals surface area contributed by atoms with E-state index in [9.17, 15) is 9.18 Å². The summed E-state index contributed by atoms with van der Waals surface area (Å²) >= 11 is 0. The molecule has 3 heterocycles. The van der Waals surface area contributed by atoms with Crippen LogP contribution in [-0.2, 0) is 7.05 Å². The first-order valence-corrected chi connectivity index (χ1v) is 8.63. The van der Waals surface area contributed by atoms with E-state index in [1.807, 2.05) is 33.9 Å². The number of anilines is 3. The van der Waals surface area contributed by atoms with Crippen LogP contribution in [0.25, 0.3) is 11.0 Å². The average Bonchev–Trinajstić information content (AvgIpc) is 2.91. The molecule has 142 valence electrons. The van der Waals surface area contributed by atoms with E-state index in [0.717, 1.165) is 29.2 Å². The highest BCUT2D eigenvalue weighted by Crippen LogP contribution is 2.26. The Bertz CT molecular complexity index is 1010. The van der Waals surface area contributed by atoms with Gasteiger partial charge in [-0.2, -0.15) is 5.10 Å². The molecule has 3 aromatic rings. The Balaban J connectivity index is 2.02. The number of aryl methyl sites for hydroxylation is 2. The predicted molar refractivity (Wildman–Crippen MR) is 103 cm³/mol. The number of aromatic nitrogens is 4. The highest BCUT2D eigenvalue weighted by Gasteiger charge is 2.17. The van der Waals surface area contributed by atoms with Crippen LogP contribution in [0.15, 0.2) is 18.3 Å². The van der Waals surface area contributed by atoms with Crippen LogP contribution in [0, 0.1) is 12.7 Å². The van der Waals surface area contributed by atoms with Crippen molar-refractivity contribution < 1.29 is 9.18 Å². The number of fused-ring (bicyclic) bond motifs is 1. The molecule has 9 heteroatoms. The summed E-state index contributed by atoms with van der Waals surface area (Å²) in [5.74, 6) is -1.18. The van der Waals surface area contributed by atoms with Crippen molar-refractivity contribution in [2.45, 2.75) is 33.2 Å². The molecule has 4 N–H and O–H groups in total. The van der Waals surface area contributed by atoms with Gasteiger partial charge in [-0.3, -0.25) is 9.48 Å². The molecule has 0 saturated heterocycles. The molecule has 0 aliphatic heterocycles. The molecule has 0 fully saturated rings. The van der Waals surface area contributed by atoms with Crippen LogP contribution >= 0.6 is 0 Å². The average molecular weight is 371 g/mol. The zero-order chi connectivity index (χ0) is 19.7. The van der Waals surface area contributed by atoms with Crippen molar-refractivity contribution >= 4 is 34.3 Å². The summed E-state index contributed by atoms with van der Waals surface area (Å²) < 4.78 is 16.0. The van der Waals surface area contributed by atoms with E-state index in [4.69, 9.17) is 5.73 Å². The molecule has 1 atom stereocenters. The van der Waals surface area contributed by atoms with Crippen LogP contribution in [0.1, 0.15) is 36.3 Å². The van der Waals surface area contributed by atoms with Crippen molar-refractivity contribution in [2.24, 2.45) is 12.8 Å². The zero-order valence-electron chi connectivity index (χ0n) is 15.7. The van der Waals surface area contributed by atoms with Gasteiger partial charge < -0.3 is 16.4 Å². The van der Waals surface area contributed by atoms with Crippen molar-refractivity contribution in [3.05, 3.63) is 35.4 Å². The van der Waals surface area contributed by atoms with E-state index < -0.39 is 11.7 Å². The van der Waals surface area contributed by atoms with E-state index in [1.54, 1.807) is 10.9 Å². The second-order valence-corrected chi connectivity index (χ2v) is 6.46. The molecule has 0 saturated carbocycles. The zero-order valence-corrected chi connectivity index (χ0v) is 15.7. The number of primary amides is 1. The number of hydrogen-bond acceptors (Lipinski definition) is 6. The topological polar surface area (TPSA) is 111 Å². The molecule has 0 bridgehead atoms. The molecule has 8 nitrogen and oxygen atoms in total. The lowest BCUT2D eigenvalue weighted by molar-refractivity contribution is 0.100. The van der Waals surface area contributed by atoms with Crippen LogP contribution in [0.2, 0.25) is 0 Å². The number of rotatable bonds is 6. The monoisotopic (exact) mass is 371 g/mol. The molecule has 0 aliphatic rings. The minimum Gasteiger partial charge on any atom is -0.365 e. The lowest BCUT2D eigenvalue weighted by atomic mass is 10.2. The smallest absolute Gasteiger partial charge is 0.252 e. The first-order chi connectivity index (χ1) is 12.8. The normalized spacial score (nSPS) is 12.2. The maximum atomic E-state index is 14.3. The summed E-state index contributed by atoms with van der Waals surface area (Å²) in [5, 5.41) is 11.2. The summed E-state index contributed by atoms with van der Waals surface area (Å²) in [4.78, 5) is 20.4. The Morgan fingerprint density at radius 2 is 2.11 bits per heavy atom. The van der Waals surface area contributed by atoms with Crippen LogP contribution in [0.5, 0.6) is 0 Å². The summed E-state index contributed by atoms with van der Waals surface area (Å²) in [5.41, 5.74) is 7.51. The summed E-state index contributed by atoms with van der Waals surface area (Å²) in [7, 11) is 1.81. The fraction of sp³-hybridized carbons (Fsp3) is 0.333. The molecular formula is C18H22FN7O. The van der Waals surface area contributed by atoms with Gasteiger partial charge in [0.05, 0.1) is 23.1 Å². The van der Waals surface area contributed by atoms with E-state index in [2.05, 4.69) is 25.7 Å². The van der Waals surface area contributed by atoms with Crippen molar-refractivity contribution in [1.82, 2.24) is 19.7 Å². The number of nitrogens with one attached hydrogen (secondary N) is 2. The van der Waals surface area contributed by atoms with Gasteiger partial charge in [0.25, 0.3) is 5.91 Å². The van der Waals surface area contributed by atoms with Gasteiger partial charge in [0, 0.05) is 18.5 Å². The van der Waals surface area contributed by atoms with Crippen LogP contribution in [0.4, 0.5) is 21.7 Å². The SMILES string of the molecule is CCC(C)Nc1nc(Nc2cnc3c(c2)c(C)nn3C)c(C(N)=O)cc1F. The second kappa shape index (κ2) is 7.18. The second-order valence-electron chi connectivity index (χ2n) is 6.46. The Morgan fingerprint density at radius 1 is 1.37 bits per heavy atom. The maximum Gasteiger partial charge on any atom is 0.252 e. The predicted octanol–water partition coefficient (Wildman–Crippen LogP) is 2.86. The Morgan fingerprint density at radius 3 is 2.78 bits per heavy atom. The van der Waals surface area contributed by atoms with Crippen LogP contribution in [0.3, 0.4) is 0 Å². The largest absolute Gasteiger partial charge is 0.365 e. The third-order valence-electron chi connectivity index (χ3n) is 4.36. The third kappa shape index (κ3) is 3.67. The van der Waals surface area contributed by atoms with Gasteiger partial charge >= 0.3 is 0 Å². The van der Waals surface area contributed by atoms with Gasteiger partial charge in [-0.1, -0.05) is 6.92 Å². The molecule has 1 amide bonds. The number of hydrogen-bond donors (Lipinski definition) is 3. The number of amides is 1. The van der Waals surface area contributed by atoms with Crippen molar-refractivity contribution in [3.8, 4) is 0 Å². The first kappa shape index (κ1) is 18.6. The highest BCUT2D eigenvalue weighted by atomic mass is 19.1. The molecule has 27 heavy (non-hydrogen) atoms. The van der Waals surface area contributed by atoms with E-state index >= 15 is 0 Å². The van der Waals surface area contributed by atoms with E-state index in [0.29, 0.717) is 5.69 Å². The van der Waals surface area contributed by atoms with Crippen LogP contribution < -0.4 is 16.4 Å². The molecule has 0 aromatic carbocycles. The van der Waals surface area contributed by atoms with Gasteiger partial charge in [0.15, 0.2) is 17.3 Å². The number of carbonyl (C=O) groups excluding carboxylic acids is 1. The molecule has 0 spiro atoms. The quantitative estimate of drug-likeness (QED) is 0.614. The maximum absolute atomic E-state index is 14.3. The van der Waals surface area contributed by atoms with E-state index in [1.165, 1.54) is 0 Å². The molecule has 0 aliphatic carbocycles. The molecule has 1 unspecified atom stereocenters. The minimum absolute atomic E-state index is 0.0235. The van der Waals surface area contributed by atoms with Gasteiger partial charge in [-0.15, -0.1) is 0 Å². The number of halogens is 1. The Labute approximate surface area is 156 Å². The summed E-state index contributed by atoms with van der Waals surface area (Å²) in [6, 6.07) is 2.96. The number of carbonyl (C=O) groups is 1. The Kier molecular flexibility index (Phi) is 4.93. The highest BCUT2D eigenvalue weighted by molar-refractivity contribution is 5.98. The lowest BCUT2D eigenvalue weighted by Gasteiger charge is -2.16. The fourth-order valence-electron chi connectivity index (χ4n) is 2.72. The minimum atomic E-state index is -0.773. The van der Waals surface area contributed by atoms with Crippen LogP contribution in [-0.4, -0.2) is 31.7 Å². The van der Waals surface area contributed by atoms with Crippen molar-refractivity contribution in [3.63, 3.8) is 0 Å². The Hall–Kier alpha value is -3.23. The third-order valence-corrected chi connectivity index (χ3v) is 4.36. The van der Waals surface area contributed by atoms with Gasteiger partial charge in [-0.25, -0.2) is 14.4 Å². The lowest BCUT2D eigenvalue weighted by Crippen LogP contribution is -2.19. The molecule has 3 rings (SSSR count). The number of nitrogens with zero attached hydrogens (tertiary/aromatic N) is 4. The number of nitrogens with two attached hydrogens (primary N) is 1. The van der Waals surface area contributed by atoms with Gasteiger partial charge in [0.2, 0.25) is 0 Å². The fourth-order valence-corrected chi connectivity index (χ4v) is 2.72. The molecular weight excluding hydrogens is 349 g/mol. The number of pyridine rings is 2. The van der Waals surface area contributed by atoms with Gasteiger partial charge in [-0.05, 0) is 32.4 Å². The van der Waals surface area contributed by atoms with Crippen molar-refractivity contribution in [2.75, 3.05) is 10.6 Å². The molecule has 0 radical (unpaired) electrons. The first-order valence-electron chi connectivity index (χ1n) is 8.63.